The molecule has 2 heterocycles. The van der Waals surface area contributed by atoms with Crippen molar-refractivity contribution in [3.63, 3.8) is 0 Å². The van der Waals surface area contributed by atoms with Crippen LogP contribution in [-0.4, -0.2) is 0 Å². The molecular weight excluding hydrogens is 663 g/mol. The molecule has 0 radical (unpaired) electrons. The van der Waals surface area contributed by atoms with Crippen molar-refractivity contribution >= 4 is 92.1 Å². The van der Waals surface area contributed by atoms with E-state index in [1.54, 1.807) is 0 Å². The molecule has 0 aliphatic heterocycles. The van der Waals surface area contributed by atoms with Crippen molar-refractivity contribution in [2.45, 2.75) is 0 Å². The van der Waals surface area contributed by atoms with Crippen molar-refractivity contribution in [2.75, 3.05) is 4.90 Å². The van der Waals surface area contributed by atoms with Gasteiger partial charge in [0.1, 0.15) is 11.2 Å². The zero-order chi connectivity index (χ0) is 34.9. The molecule has 0 saturated carbocycles. The second-order valence-corrected chi connectivity index (χ2v) is 14.7. The molecule has 11 rings (SSSR count). The van der Waals surface area contributed by atoms with Crippen LogP contribution in [0.15, 0.2) is 192 Å². The van der Waals surface area contributed by atoms with Gasteiger partial charge in [-0.1, -0.05) is 140 Å². The number of hydrogen-bond donors (Lipinski definition) is 0. The van der Waals surface area contributed by atoms with E-state index in [0.29, 0.717) is 0 Å². The third-order valence-corrected chi connectivity index (χ3v) is 11.9. The second kappa shape index (κ2) is 11.9. The number of rotatable bonds is 5. The molecule has 3 heteroatoms. The number of hydrogen-bond acceptors (Lipinski definition) is 3. The van der Waals surface area contributed by atoms with Crippen molar-refractivity contribution < 1.29 is 4.42 Å². The maximum atomic E-state index is 6.45. The van der Waals surface area contributed by atoms with Gasteiger partial charge in [0, 0.05) is 42.4 Å². The van der Waals surface area contributed by atoms with Crippen molar-refractivity contribution in [3.8, 4) is 22.3 Å². The quantitative estimate of drug-likeness (QED) is 0.167. The molecule has 0 bridgehead atoms. The maximum Gasteiger partial charge on any atom is 0.137 e. The highest BCUT2D eigenvalue weighted by molar-refractivity contribution is 7.26. The van der Waals surface area contributed by atoms with Crippen LogP contribution < -0.4 is 4.90 Å². The summed E-state index contributed by atoms with van der Waals surface area (Å²) in [6.45, 7) is 0. The van der Waals surface area contributed by atoms with E-state index in [0.717, 1.165) is 39.0 Å². The first-order valence-electron chi connectivity index (χ1n) is 18.0. The van der Waals surface area contributed by atoms with Gasteiger partial charge in [-0.15, -0.1) is 11.3 Å². The molecule has 11 aromatic rings. The monoisotopic (exact) mass is 693 g/mol. The van der Waals surface area contributed by atoms with Crippen LogP contribution in [0, 0.1) is 0 Å². The van der Waals surface area contributed by atoms with E-state index in [4.69, 9.17) is 4.42 Å². The van der Waals surface area contributed by atoms with Crippen LogP contribution in [0.2, 0.25) is 0 Å². The lowest BCUT2D eigenvalue weighted by Gasteiger charge is -2.29. The molecule has 2 aromatic heterocycles. The highest BCUT2D eigenvalue weighted by Crippen LogP contribution is 2.48. The van der Waals surface area contributed by atoms with Crippen molar-refractivity contribution in [3.05, 3.63) is 188 Å². The molecule has 0 unspecified atom stereocenters. The van der Waals surface area contributed by atoms with E-state index in [1.807, 2.05) is 17.4 Å². The zero-order valence-corrected chi connectivity index (χ0v) is 29.5. The number of para-hydroxylation sites is 2. The minimum atomic E-state index is 0.872. The van der Waals surface area contributed by atoms with Crippen LogP contribution >= 0.6 is 11.3 Å². The molecule has 2 nitrogen and oxygen atoms in total. The Bertz CT molecular complexity index is 3190. The van der Waals surface area contributed by atoms with E-state index in [2.05, 4.69) is 187 Å². The Labute approximate surface area is 310 Å². The van der Waals surface area contributed by atoms with Crippen LogP contribution in [0.5, 0.6) is 0 Å². The predicted octanol–water partition coefficient (Wildman–Crippen LogP) is 15.1. The summed E-state index contributed by atoms with van der Waals surface area (Å²) < 4.78 is 9.05. The molecule has 0 aliphatic carbocycles. The molecule has 0 atom stereocenters. The molecule has 0 spiro atoms. The molecule has 0 amide bonds. The van der Waals surface area contributed by atoms with Gasteiger partial charge < -0.3 is 9.32 Å². The van der Waals surface area contributed by atoms with Crippen molar-refractivity contribution in [1.82, 2.24) is 0 Å². The lowest BCUT2D eigenvalue weighted by Crippen LogP contribution is -2.11. The van der Waals surface area contributed by atoms with Gasteiger partial charge in [-0.3, -0.25) is 0 Å². The van der Waals surface area contributed by atoms with Gasteiger partial charge >= 0.3 is 0 Å². The standard InChI is InChI=1S/C50H31NOS/c1-2-14-35-33(13-1)31-43(37-16-4-3-15-36(35)37)32-27-29-34(30-28-32)51(45-23-12-25-47-49(45)42-19-6-9-24-46(42)52-47)44-22-8-5-17-38(44)40-20-11-21-41-39-18-7-10-26-48(39)53-50(40)41/h1-31H. The molecule has 0 fully saturated rings. The number of fused-ring (bicyclic) bond motifs is 9. The molecule has 9 aromatic carbocycles. The Hall–Kier alpha value is -6.68. The summed E-state index contributed by atoms with van der Waals surface area (Å²) in [4.78, 5) is 2.42. The summed E-state index contributed by atoms with van der Waals surface area (Å²) in [6, 6.07) is 68.0. The minimum Gasteiger partial charge on any atom is -0.456 e. The molecule has 0 aliphatic rings. The highest BCUT2D eigenvalue weighted by atomic mass is 32.1. The van der Waals surface area contributed by atoms with Gasteiger partial charge in [0.05, 0.1) is 16.8 Å². The van der Waals surface area contributed by atoms with E-state index in [-0.39, 0.29) is 0 Å². The van der Waals surface area contributed by atoms with E-state index in [9.17, 15) is 0 Å². The van der Waals surface area contributed by atoms with Gasteiger partial charge in [-0.05, 0) is 81.2 Å². The minimum absolute atomic E-state index is 0.872. The highest BCUT2D eigenvalue weighted by Gasteiger charge is 2.23. The third kappa shape index (κ3) is 4.71. The number of benzene rings is 9. The Morgan fingerprint density at radius 3 is 1.91 bits per heavy atom. The average molecular weight is 694 g/mol. The average Bonchev–Trinajstić information content (AvgIpc) is 3.80. The normalized spacial score (nSPS) is 11.8. The summed E-state index contributed by atoms with van der Waals surface area (Å²) in [7, 11) is 0. The van der Waals surface area contributed by atoms with Crippen molar-refractivity contribution in [2.24, 2.45) is 0 Å². The third-order valence-electron chi connectivity index (χ3n) is 10.7. The van der Waals surface area contributed by atoms with Gasteiger partial charge in [-0.25, -0.2) is 0 Å². The van der Waals surface area contributed by atoms with Gasteiger partial charge in [0.15, 0.2) is 0 Å². The SMILES string of the molecule is c1ccc(N(c2ccc(-c3cc4ccccc4c4ccccc34)cc2)c2cccc3oc4ccccc4c23)c(-c2cccc3c2sc2ccccc23)c1. The first-order chi connectivity index (χ1) is 26.3. The number of nitrogens with zero attached hydrogens (tertiary/aromatic N) is 1. The van der Waals surface area contributed by atoms with Crippen molar-refractivity contribution in [1.29, 1.82) is 0 Å². The second-order valence-electron chi connectivity index (χ2n) is 13.6. The van der Waals surface area contributed by atoms with E-state index < -0.39 is 0 Å². The lowest BCUT2D eigenvalue weighted by molar-refractivity contribution is 0.669. The molecule has 0 N–H and O–H groups in total. The first-order valence-corrected chi connectivity index (χ1v) is 18.8. The number of furan rings is 1. The molecule has 248 valence electrons. The number of thiophene rings is 1. The van der Waals surface area contributed by atoms with Gasteiger partial charge in [-0.2, -0.15) is 0 Å². The lowest BCUT2D eigenvalue weighted by atomic mass is 9.93. The summed E-state index contributed by atoms with van der Waals surface area (Å²) in [5, 5.41) is 9.85. The molecule has 53 heavy (non-hydrogen) atoms. The largest absolute Gasteiger partial charge is 0.456 e. The van der Waals surface area contributed by atoms with E-state index >= 15 is 0 Å². The van der Waals surface area contributed by atoms with Gasteiger partial charge in [0.2, 0.25) is 0 Å². The Morgan fingerprint density at radius 2 is 1.02 bits per heavy atom. The smallest absolute Gasteiger partial charge is 0.137 e. The maximum absolute atomic E-state index is 6.45. The topological polar surface area (TPSA) is 16.4 Å². The first kappa shape index (κ1) is 30.0. The Balaban J connectivity index is 1.15. The summed E-state index contributed by atoms with van der Waals surface area (Å²) >= 11 is 1.87. The predicted molar refractivity (Wildman–Crippen MR) is 227 cm³/mol. The fourth-order valence-corrected chi connectivity index (χ4v) is 9.52. The van der Waals surface area contributed by atoms with Gasteiger partial charge in [0.25, 0.3) is 0 Å². The number of anilines is 3. The Morgan fingerprint density at radius 1 is 0.396 bits per heavy atom. The summed E-state index contributed by atoms with van der Waals surface area (Å²) in [5.41, 5.74) is 9.85. The Kier molecular flexibility index (Phi) is 6.76. The van der Waals surface area contributed by atoms with Crippen LogP contribution in [-0.2, 0) is 0 Å². The fraction of sp³-hybridized carbons (Fsp3) is 0. The fourth-order valence-electron chi connectivity index (χ4n) is 8.29. The van der Waals surface area contributed by atoms with Crippen LogP contribution in [0.25, 0.3) is 85.9 Å². The summed E-state index contributed by atoms with van der Waals surface area (Å²) in [5.74, 6) is 0. The summed E-state index contributed by atoms with van der Waals surface area (Å²) in [6.07, 6.45) is 0. The zero-order valence-electron chi connectivity index (χ0n) is 28.7. The van der Waals surface area contributed by atoms with Crippen LogP contribution in [0.4, 0.5) is 17.1 Å². The van der Waals surface area contributed by atoms with Crippen LogP contribution in [0.1, 0.15) is 0 Å². The van der Waals surface area contributed by atoms with Crippen LogP contribution in [0.3, 0.4) is 0 Å². The molecular formula is C50H31NOS. The molecule has 0 saturated heterocycles. The van der Waals surface area contributed by atoms with E-state index in [1.165, 1.54) is 64.0 Å².